The number of rotatable bonds is 5. The van der Waals surface area contributed by atoms with Gasteiger partial charge in [-0.25, -0.2) is 19.2 Å². The number of anilines is 1. The zero-order chi connectivity index (χ0) is 24.6. The normalized spacial score (nSPS) is 15.0. The summed E-state index contributed by atoms with van der Waals surface area (Å²) in [7, 11) is 0. The number of benzene rings is 1. The lowest BCUT2D eigenvalue weighted by Gasteiger charge is -2.26. The minimum atomic E-state index is -1.04. The Morgan fingerprint density at radius 1 is 1.21 bits per heavy atom. The second-order valence-corrected chi connectivity index (χ2v) is 8.33. The number of nitrogens with two attached hydrogens (primary N) is 1. The molecule has 0 saturated heterocycles. The summed E-state index contributed by atoms with van der Waals surface area (Å²) in [4.78, 5) is 45.6. The van der Waals surface area contributed by atoms with Gasteiger partial charge in [0, 0.05) is 36.0 Å². The van der Waals surface area contributed by atoms with Gasteiger partial charge in [-0.05, 0) is 25.0 Å². The Bertz CT molecular complexity index is 1380. The maximum absolute atomic E-state index is 14.6. The fourth-order valence-electron chi connectivity index (χ4n) is 3.75. The third kappa shape index (κ3) is 4.51. The Balaban J connectivity index is 1.59. The molecule has 176 valence electrons. The molecule has 3 aromatic rings. The monoisotopic (exact) mass is 508 g/mol. The van der Waals surface area contributed by atoms with Gasteiger partial charge in [-0.3, -0.25) is 14.2 Å². The molecule has 1 aromatic carbocycles. The van der Waals surface area contributed by atoms with Crippen molar-refractivity contribution in [3.8, 4) is 11.3 Å². The van der Waals surface area contributed by atoms with E-state index in [9.17, 15) is 23.2 Å². The summed E-state index contributed by atoms with van der Waals surface area (Å²) in [6.45, 7) is -0.710. The number of carbonyl (C=O) groups is 2. The van der Waals surface area contributed by atoms with E-state index >= 15 is 0 Å². The predicted octanol–water partition coefficient (Wildman–Crippen LogP) is 3.78. The number of hydrogen-bond acceptors (Lipinski definition) is 7. The molecule has 8 nitrogen and oxygen atoms in total. The van der Waals surface area contributed by atoms with Gasteiger partial charge in [-0.1, -0.05) is 23.2 Å². The van der Waals surface area contributed by atoms with Crippen molar-refractivity contribution in [3.05, 3.63) is 74.0 Å². The second-order valence-electron chi connectivity index (χ2n) is 7.52. The third-order valence-electron chi connectivity index (χ3n) is 5.34. The molecule has 0 aliphatic carbocycles. The molecule has 1 unspecified atom stereocenters. The molecule has 0 bridgehead atoms. The van der Waals surface area contributed by atoms with E-state index in [0.717, 1.165) is 22.9 Å². The summed E-state index contributed by atoms with van der Waals surface area (Å²) in [5.74, 6) is -3.06. The van der Waals surface area contributed by atoms with E-state index < -0.39 is 41.7 Å². The molecule has 0 fully saturated rings. The lowest BCUT2D eigenvalue weighted by molar-refractivity contribution is -0.147. The standard InChI is InChI=1S/C22H16Cl2F2N4O4/c23-11-4-5-13(27)20(21(11)26)14-7-19(32)30-15(2-1-3-18(30)29-14)22(33)34-9-16(31)10-6-17(25)28-8-12(10)24/h4-8,15H,1-3,9,27H2. The Kier molecular flexibility index (Phi) is 6.63. The van der Waals surface area contributed by atoms with Crippen molar-refractivity contribution in [2.75, 3.05) is 12.3 Å². The molecule has 1 aliphatic heterocycles. The number of aromatic nitrogens is 3. The average Bonchev–Trinajstić information content (AvgIpc) is 2.81. The molecule has 0 amide bonds. The van der Waals surface area contributed by atoms with Crippen LogP contribution < -0.4 is 11.3 Å². The van der Waals surface area contributed by atoms with Crippen molar-refractivity contribution in [3.63, 3.8) is 0 Å². The molecule has 0 radical (unpaired) electrons. The first-order chi connectivity index (χ1) is 16.2. The van der Waals surface area contributed by atoms with Gasteiger partial charge in [0.1, 0.15) is 11.9 Å². The van der Waals surface area contributed by atoms with Gasteiger partial charge < -0.3 is 10.5 Å². The smallest absolute Gasteiger partial charge is 0.329 e. The number of aryl methyl sites for hydroxylation is 1. The summed E-state index contributed by atoms with van der Waals surface area (Å²) in [5.41, 5.74) is 5.00. The highest BCUT2D eigenvalue weighted by molar-refractivity contribution is 6.33. The predicted molar refractivity (Wildman–Crippen MR) is 120 cm³/mol. The largest absolute Gasteiger partial charge is 0.456 e. The van der Waals surface area contributed by atoms with Crippen molar-refractivity contribution < 1.29 is 23.1 Å². The molecule has 2 N–H and O–H groups in total. The number of nitrogens with zero attached hydrogens (tertiary/aromatic N) is 3. The van der Waals surface area contributed by atoms with E-state index in [4.69, 9.17) is 33.7 Å². The lowest BCUT2D eigenvalue weighted by Crippen LogP contribution is -2.37. The Morgan fingerprint density at radius 2 is 1.97 bits per heavy atom. The quantitative estimate of drug-likeness (QED) is 0.241. The summed E-state index contributed by atoms with van der Waals surface area (Å²) >= 11 is 11.7. The first-order valence-electron chi connectivity index (χ1n) is 10.0. The molecule has 0 saturated carbocycles. The molecular formula is C22H16Cl2F2N4O4. The highest BCUT2D eigenvalue weighted by Gasteiger charge is 2.31. The van der Waals surface area contributed by atoms with Crippen molar-refractivity contribution in [2.24, 2.45) is 0 Å². The van der Waals surface area contributed by atoms with E-state index in [2.05, 4.69) is 9.97 Å². The number of fused-ring (bicyclic) bond motifs is 1. The van der Waals surface area contributed by atoms with E-state index in [1.165, 1.54) is 12.1 Å². The first-order valence-corrected chi connectivity index (χ1v) is 10.8. The number of carbonyl (C=O) groups excluding carboxylic acids is 2. The van der Waals surface area contributed by atoms with Crippen LogP contribution in [0.2, 0.25) is 10.0 Å². The lowest BCUT2D eigenvalue weighted by atomic mass is 10.0. The number of halogens is 4. The first kappa shape index (κ1) is 23.8. The van der Waals surface area contributed by atoms with Crippen LogP contribution in [0, 0.1) is 11.8 Å². The number of ether oxygens (including phenoxy) is 1. The fourth-order valence-corrected chi connectivity index (χ4v) is 4.11. The van der Waals surface area contributed by atoms with Crippen LogP contribution in [0.3, 0.4) is 0 Å². The SMILES string of the molecule is Nc1ccc(Cl)c(F)c1-c1cc(=O)n2c(n1)CCCC2C(=O)OCC(=O)c1cc(F)ncc1Cl. The molecule has 4 rings (SSSR count). The van der Waals surface area contributed by atoms with Crippen LogP contribution in [-0.2, 0) is 16.0 Å². The highest BCUT2D eigenvalue weighted by atomic mass is 35.5. The topological polar surface area (TPSA) is 117 Å². The Morgan fingerprint density at radius 3 is 2.74 bits per heavy atom. The van der Waals surface area contributed by atoms with E-state index in [1.54, 1.807) is 0 Å². The fraction of sp³-hybridized carbons (Fsp3) is 0.227. The maximum Gasteiger partial charge on any atom is 0.329 e. The van der Waals surface area contributed by atoms with E-state index in [0.29, 0.717) is 12.8 Å². The van der Waals surface area contributed by atoms with Gasteiger partial charge in [0.15, 0.2) is 12.4 Å². The summed E-state index contributed by atoms with van der Waals surface area (Å²) in [6, 6.07) is 3.55. The number of hydrogen-bond donors (Lipinski definition) is 1. The average molecular weight is 509 g/mol. The van der Waals surface area contributed by atoms with Gasteiger partial charge >= 0.3 is 5.97 Å². The maximum atomic E-state index is 14.6. The van der Waals surface area contributed by atoms with Crippen molar-refractivity contribution in [1.29, 1.82) is 0 Å². The second kappa shape index (κ2) is 9.47. The number of esters is 1. The molecule has 3 heterocycles. The minimum absolute atomic E-state index is 0.00713. The van der Waals surface area contributed by atoms with Crippen LogP contribution >= 0.6 is 23.2 Å². The number of ketones is 1. The molecule has 2 aromatic heterocycles. The molecule has 0 spiro atoms. The van der Waals surface area contributed by atoms with E-state index in [-0.39, 0.29) is 44.8 Å². The van der Waals surface area contributed by atoms with Crippen LogP contribution in [-0.4, -0.2) is 32.9 Å². The van der Waals surface area contributed by atoms with Gasteiger partial charge in [0.05, 0.1) is 21.3 Å². The van der Waals surface area contributed by atoms with Gasteiger partial charge in [-0.15, -0.1) is 0 Å². The van der Waals surface area contributed by atoms with Crippen molar-refractivity contribution in [2.45, 2.75) is 25.3 Å². The number of nitrogen functional groups attached to an aromatic ring is 1. The summed E-state index contributed by atoms with van der Waals surface area (Å²) in [5, 5.41) is -0.268. The summed E-state index contributed by atoms with van der Waals surface area (Å²) in [6.07, 6.45) is 2.07. The molecular weight excluding hydrogens is 493 g/mol. The Labute approximate surface area is 201 Å². The molecule has 1 atom stereocenters. The van der Waals surface area contributed by atoms with Crippen LogP contribution in [0.15, 0.2) is 35.3 Å². The summed E-state index contributed by atoms with van der Waals surface area (Å²) < 4.78 is 34.2. The highest BCUT2D eigenvalue weighted by Crippen LogP contribution is 2.33. The molecule has 12 heteroatoms. The third-order valence-corrected chi connectivity index (χ3v) is 5.93. The van der Waals surface area contributed by atoms with Crippen LogP contribution in [0.4, 0.5) is 14.5 Å². The zero-order valence-corrected chi connectivity index (χ0v) is 18.9. The number of pyridine rings is 1. The Hall–Kier alpha value is -3.37. The van der Waals surface area contributed by atoms with Gasteiger partial charge in [0.25, 0.3) is 5.56 Å². The van der Waals surface area contributed by atoms with Gasteiger partial charge in [-0.2, -0.15) is 4.39 Å². The minimum Gasteiger partial charge on any atom is -0.456 e. The van der Waals surface area contributed by atoms with Crippen LogP contribution in [0.25, 0.3) is 11.3 Å². The molecule has 34 heavy (non-hydrogen) atoms. The van der Waals surface area contributed by atoms with Crippen molar-refractivity contribution in [1.82, 2.24) is 14.5 Å². The van der Waals surface area contributed by atoms with Crippen LogP contribution in [0.1, 0.15) is 35.1 Å². The zero-order valence-electron chi connectivity index (χ0n) is 17.4. The van der Waals surface area contributed by atoms with Gasteiger partial charge in [0.2, 0.25) is 11.7 Å². The van der Waals surface area contributed by atoms with Crippen LogP contribution in [0.5, 0.6) is 0 Å². The number of Topliss-reactive ketones (excluding diaryl/α,β-unsaturated/α-hetero) is 1. The molecule has 1 aliphatic rings. The van der Waals surface area contributed by atoms with E-state index in [1.807, 2.05) is 0 Å². The van der Waals surface area contributed by atoms with Crippen molar-refractivity contribution >= 4 is 40.6 Å².